The Kier molecular flexibility index (Phi) is 9.18. The summed E-state index contributed by atoms with van der Waals surface area (Å²) in [6, 6.07) is 12.6. The molecule has 0 aliphatic carbocycles. The standard InChI is InChI=1S/C18H21F2N3O.HI/c1-13(24-16-8-5-7-15(19)10-16)11-22-18(21-2)23-12-14-6-3-4-9-17(14)20;/h3-10,13H,11-12H2,1-2H3,(H2,21,22,23);1H. The van der Waals surface area contributed by atoms with Crippen molar-refractivity contribution in [2.75, 3.05) is 13.6 Å². The van der Waals surface area contributed by atoms with E-state index in [0.717, 1.165) is 0 Å². The van der Waals surface area contributed by atoms with Gasteiger partial charge in [-0.25, -0.2) is 8.78 Å². The smallest absolute Gasteiger partial charge is 0.191 e. The quantitative estimate of drug-likeness (QED) is 0.392. The third kappa shape index (κ3) is 7.25. The summed E-state index contributed by atoms with van der Waals surface area (Å²) in [5.74, 6) is 0.407. The monoisotopic (exact) mass is 461 g/mol. The van der Waals surface area contributed by atoms with E-state index in [1.54, 1.807) is 37.4 Å². The molecule has 0 fully saturated rings. The Morgan fingerprint density at radius 3 is 2.56 bits per heavy atom. The largest absolute Gasteiger partial charge is 0.489 e. The van der Waals surface area contributed by atoms with E-state index in [1.807, 2.05) is 6.92 Å². The zero-order valence-electron chi connectivity index (χ0n) is 14.1. The van der Waals surface area contributed by atoms with Crippen LogP contribution in [-0.2, 0) is 6.54 Å². The average molecular weight is 461 g/mol. The molecule has 0 aliphatic rings. The maximum Gasteiger partial charge on any atom is 0.191 e. The third-order valence-electron chi connectivity index (χ3n) is 3.32. The predicted octanol–water partition coefficient (Wildman–Crippen LogP) is 3.72. The molecule has 136 valence electrons. The van der Waals surface area contributed by atoms with Gasteiger partial charge in [0.15, 0.2) is 5.96 Å². The van der Waals surface area contributed by atoms with Crippen LogP contribution in [0.2, 0.25) is 0 Å². The Balaban J connectivity index is 0.00000312. The van der Waals surface area contributed by atoms with Crippen LogP contribution in [0, 0.1) is 11.6 Å². The van der Waals surface area contributed by atoms with Crippen molar-refractivity contribution < 1.29 is 13.5 Å². The molecule has 0 aromatic heterocycles. The van der Waals surface area contributed by atoms with Crippen LogP contribution in [-0.4, -0.2) is 25.7 Å². The molecule has 0 radical (unpaired) electrons. The molecule has 0 aliphatic heterocycles. The zero-order valence-corrected chi connectivity index (χ0v) is 16.5. The summed E-state index contributed by atoms with van der Waals surface area (Å²) >= 11 is 0. The Morgan fingerprint density at radius 2 is 1.88 bits per heavy atom. The summed E-state index contributed by atoms with van der Waals surface area (Å²) in [4.78, 5) is 4.08. The first kappa shape index (κ1) is 21.1. The second kappa shape index (κ2) is 10.9. The van der Waals surface area contributed by atoms with Crippen LogP contribution in [0.15, 0.2) is 53.5 Å². The van der Waals surface area contributed by atoms with E-state index in [1.165, 1.54) is 18.2 Å². The summed E-state index contributed by atoms with van der Waals surface area (Å²) in [5, 5.41) is 6.13. The normalized spacial score (nSPS) is 12.1. The van der Waals surface area contributed by atoms with Crippen LogP contribution >= 0.6 is 24.0 Å². The van der Waals surface area contributed by atoms with Gasteiger partial charge in [0.1, 0.15) is 23.5 Å². The number of guanidine groups is 1. The lowest BCUT2D eigenvalue weighted by molar-refractivity contribution is 0.223. The molecule has 2 aromatic carbocycles. The van der Waals surface area contributed by atoms with E-state index in [9.17, 15) is 8.78 Å². The molecule has 0 heterocycles. The number of nitrogens with zero attached hydrogens (tertiary/aromatic N) is 1. The lowest BCUT2D eigenvalue weighted by Gasteiger charge is -2.18. The van der Waals surface area contributed by atoms with E-state index in [-0.39, 0.29) is 41.7 Å². The molecule has 0 amide bonds. The Labute approximate surface area is 163 Å². The van der Waals surface area contributed by atoms with Crippen molar-refractivity contribution in [2.24, 2.45) is 4.99 Å². The van der Waals surface area contributed by atoms with Gasteiger partial charge in [0.2, 0.25) is 0 Å². The molecule has 1 atom stereocenters. The fourth-order valence-electron chi connectivity index (χ4n) is 2.10. The highest BCUT2D eigenvalue weighted by Crippen LogP contribution is 2.13. The molecular weight excluding hydrogens is 439 g/mol. The van der Waals surface area contributed by atoms with Gasteiger partial charge in [-0.3, -0.25) is 4.99 Å². The second-order valence-electron chi connectivity index (χ2n) is 5.28. The number of benzene rings is 2. The summed E-state index contributed by atoms with van der Waals surface area (Å²) in [5.41, 5.74) is 0.560. The highest BCUT2D eigenvalue weighted by Gasteiger charge is 2.07. The number of halogens is 3. The molecule has 0 spiro atoms. The summed E-state index contributed by atoms with van der Waals surface area (Å²) in [7, 11) is 1.63. The van der Waals surface area contributed by atoms with Crippen molar-refractivity contribution in [2.45, 2.75) is 19.6 Å². The lowest BCUT2D eigenvalue weighted by Crippen LogP contribution is -2.41. The maximum absolute atomic E-state index is 13.6. The molecule has 4 nitrogen and oxygen atoms in total. The van der Waals surface area contributed by atoms with Crippen molar-refractivity contribution in [1.29, 1.82) is 0 Å². The van der Waals surface area contributed by atoms with E-state index in [4.69, 9.17) is 4.74 Å². The molecule has 25 heavy (non-hydrogen) atoms. The predicted molar refractivity (Wildman–Crippen MR) is 107 cm³/mol. The van der Waals surface area contributed by atoms with Crippen LogP contribution in [0.3, 0.4) is 0 Å². The minimum Gasteiger partial charge on any atom is -0.489 e. The van der Waals surface area contributed by atoms with Crippen molar-refractivity contribution >= 4 is 29.9 Å². The second-order valence-corrected chi connectivity index (χ2v) is 5.28. The number of ether oxygens (including phenoxy) is 1. The lowest BCUT2D eigenvalue weighted by atomic mass is 10.2. The molecule has 1 unspecified atom stereocenters. The van der Waals surface area contributed by atoms with Gasteiger partial charge in [-0.2, -0.15) is 0 Å². The van der Waals surface area contributed by atoms with Crippen LogP contribution in [0.1, 0.15) is 12.5 Å². The zero-order chi connectivity index (χ0) is 17.4. The molecule has 2 rings (SSSR count). The SMILES string of the molecule is CN=C(NCc1ccccc1F)NCC(C)Oc1cccc(F)c1.I. The molecule has 0 bridgehead atoms. The third-order valence-corrected chi connectivity index (χ3v) is 3.32. The van der Waals surface area contributed by atoms with Gasteiger partial charge >= 0.3 is 0 Å². The highest BCUT2D eigenvalue weighted by molar-refractivity contribution is 14.0. The van der Waals surface area contributed by atoms with Gasteiger partial charge in [-0.15, -0.1) is 24.0 Å². The van der Waals surface area contributed by atoms with E-state index in [0.29, 0.717) is 30.4 Å². The number of hydrogen-bond acceptors (Lipinski definition) is 2. The number of rotatable bonds is 6. The van der Waals surface area contributed by atoms with Gasteiger partial charge in [0, 0.05) is 25.2 Å². The van der Waals surface area contributed by atoms with Gasteiger partial charge in [0.25, 0.3) is 0 Å². The molecule has 0 saturated carbocycles. The van der Waals surface area contributed by atoms with E-state index >= 15 is 0 Å². The first-order chi connectivity index (χ1) is 11.6. The summed E-state index contributed by atoms with van der Waals surface area (Å²) < 4.78 is 32.3. The van der Waals surface area contributed by atoms with E-state index < -0.39 is 0 Å². The fourth-order valence-corrected chi connectivity index (χ4v) is 2.10. The van der Waals surface area contributed by atoms with E-state index in [2.05, 4.69) is 15.6 Å². The minimum atomic E-state index is -0.338. The van der Waals surface area contributed by atoms with Crippen molar-refractivity contribution in [3.8, 4) is 5.75 Å². The van der Waals surface area contributed by atoms with Gasteiger partial charge in [-0.1, -0.05) is 24.3 Å². The maximum atomic E-state index is 13.6. The van der Waals surface area contributed by atoms with Gasteiger partial charge in [0.05, 0.1) is 6.54 Å². The first-order valence-corrected chi connectivity index (χ1v) is 7.68. The highest BCUT2D eigenvalue weighted by atomic mass is 127. The Bertz CT molecular complexity index is 698. The molecule has 7 heteroatoms. The summed E-state index contributed by atoms with van der Waals surface area (Å²) in [6.07, 6.45) is -0.196. The Morgan fingerprint density at radius 1 is 1.12 bits per heavy atom. The minimum absolute atomic E-state index is 0. The van der Waals surface area contributed by atoms with Crippen LogP contribution < -0.4 is 15.4 Å². The van der Waals surface area contributed by atoms with Crippen LogP contribution in [0.4, 0.5) is 8.78 Å². The fraction of sp³-hybridized carbons (Fsp3) is 0.278. The van der Waals surface area contributed by atoms with Crippen LogP contribution in [0.5, 0.6) is 5.75 Å². The van der Waals surface area contributed by atoms with Crippen molar-refractivity contribution in [3.05, 3.63) is 65.7 Å². The first-order valence-electron chi connectivity index (χ1n) is 7.68. The topological polar surface area (TPSA) is 45.7 Å². The van der Waals surface area contributed by atoms with Crippen molar-refractivity contribution in [3.63, 3.8) is 0 Å². The number of hydrogen-bond donors (Lipinski definition) is 2. The van der Waals surface area contributed by atoms with Gasteiger partial charge in [-0.05, 0) is 25.1 Å². The molecule has 2 aromatic rings. The van der Waals surface area contributed by atoms with Gasteiger partial charge < -0.3 is 15.4 Å². The Hall–Kier alpha value is -1.90. The van der Waals surface area contributed by atoms with Crippen molar-refractivity contribution in [1.82, 2.24) is 10.6 Å². The molecule has 2 N–H and O–H groups in total. The van der Waals surface area contributed by atoms with Crippen LogP contribution in [0.25, 0.3) is 0 Å². The number of nitrogens with one attached hydrogen (secondary N) is 2. The molecule has 0 saturated heterocycles. The summed E-state index contributed by atoms with van der Waals surface area (Å²) in [6.45, 7) is 2.65. The molecular formula is C18H22F2IN3O. The average Bonchev–Trinajstić information content (AvgIpc) is 2.56. The number of aliphatic imine (C=N–C) groups is 1.